The van der Waals surface area contributed by atoms with Gasteiger partial charge in [0.15, 0.2) is 17.3 Å². The monoisotopic (exact) mass is 527 g/mol. The molecule has 0 fully saturated rings. The van der Waals surface area contributed by atoms with E-state index in [0.717, 1.165) is 0 Å². The van der Waals surface area contributed by atoms with Crippen molar-refractivity contribution < 1.29 is 33.0 Å². The van der Waals surface area contributed by atoms with Gasteiger partial charge in [-0.1, -0.05) is 12.1 Å². The van der Waals surface area contributed by atoms with Gasteiger partial charge in [0, 0.05) is 0 Å². The molecule has 0 aliphatic carbocycles. The number of hydrogen-bond acceptors (Lipinski definition) is 8. The van der Waals surface area contributed by atoms with Gasteiger partial charge in [0.2, 0.25) is 0 Å². The topological polar surface area (TPSA) is 128 Å². The lowest BCUT2D eigenvalue weighted by Crippen LogP contribution is -2.21. The van der Waals surface area contributed by atoms with E-state index >= 15 is 0 Å². The van der Waals surface area contributed by atoms with Crippen molar-refractivity contribution in [2.45, 2.75) is 6.92 Å². The summed E-state index contributed by atoms with van der Waals surface area (Å²) in [5, 5.41) is 6.67. The lowest BCUT2D eigenvalue weighted by atomic mass is 10.1. The van der Waals surface area contributed by atoms with Crippen molar-refractivity contribution in [2.24, 2.45) is 5.10 Å². The highest BCUT2D eigenvalue weighted by atomic mass is 16.6. The van der Waals surface area contributed by atoms with Crippen molar-refractivity contribution in [1.82, 2.24) is 5.43 Å². The van der Waals surface area contributed by atoms with Gasteiger partial charge in [0.05, 0.1) is 43.0 Å². The summed E-state index contributed by atoms with van der Waals surface area (Å²) >= 11 is 0. The van der Waals surface area contributed by atoms with Gasteiger partial charge < -0.3 is 23.9 Å². The smallest absolute Gasteiger partial charge is 0.343 e. The fourth-order valence-corrected chi connectivity index (χ4v) is 3.45. The quantitative estimate of drug-likeness (QED) is 0.130. The molecule has 10 heteroatoms. The number of nitrogens with zero attached hydrogens (tertiary/aromatic N) is 1. The third-order valence-corrected chi connectivity index (χ3v) is 5.34. The standard InChI is InChI=1S/C29H25N3O7/c1-3-37-26-17-19(10-15-24(26)39-29(35)20-11-13-21(36-2)14-12-20)18-30-32-27(33)22-7-4-5-8-23(22)31-28(34)25-9-6-16-38-25/h4-18H,3H2,1-2H3,(H,31,34)(H,32,33)/b30-18-. The molecular weight excluding hydrogens is 502 g/mol. The maximum atomic E-state index is 12.8. The van der Waals surface area contributed by atoms with E-state index in [1.54, 1.807) is 86.8 Å². The SMILES string of the molecule is CCOc1cc(/C=N\NC(=O)c2ccccc2NC(=O)c2ccco2)ccc1OC(=O)c1ccc(OC)cc1. The Kier molecular flexibility index (Phi) is 8.71. The molecule has 0 saturated carbocycles. The molecule has 0 atom stereocenters. The molecule has 39 heavy (non-hydrogen) atoms. The first-order valence-corrected chi connectivity index (χ1v) is 11.9. The largest absolute Gasteiger partial charge is 0.497 e. The van der Waals surface area contributed by atoms with Crippen LogP contribution in [0.15, 0.2) is 94.6 Å². The van der Waals surface area contributed by atoms with E-state index in [2.05, 4.69) is 15.8 Å². The fourth-order valence-electron chi connectivity index (χ4n) is 3.45. The molecule has 2 N–H and O–H groups in total. The summed E-state index contributed by atoms with van der Waals surface area (Å²) in [6, 6.07) is 21.0. The van der Waals surface area contributed by atoms with Crippen molar-refractivity contribution in [3.8, 4) is 17.2 Å². The summed E-state index contributed by atoms with van der Waals surface area (Å²) in [4.78, 5) is 37.6. The van der Waals surface area contributed by atoms with Gasteiger partial charge in [0.1, 0.15) is 5.75 Å². The van der Waals surface area contributed by atoms with Crippen LogP contribution in [0.3, 0.4) is 0 Å². The van der Waals surface area contributed by atoms with E-state index in [0.29, 0.717) is 34.9 Å². The first-order valence-electron chi connectivity index (χ1n) is 11.9. The highest BCUT2D eigenvalue weighted by Crippen LogP contribution is 2.29. The molecule has 4 aromatic rings. The second-order valence-corrected chi connectivity index (χ2v) is 7.93. The number of benzene rings is 3. The van der Waals surface area contributed by atoms with Crippen molar-refractivity contribution in [3.63, 3.8) is 0 Å². The average molecular weight is 528 g/mol. The van der Waals surface area contributed by atoms with Crippen LogP contribution in [-0.4, -0.2) is 37.7 Å². The molecule has 4 rings (SSSR count). The van der Waals surface area contributed by atoms with E-state index in [1.807, 2.05) is 0 Å². The second-order valence-electron chi connectivity index (χ2n) is 7.93. The number of ether oxygens (including phenoxy) is 3. The number of furan rings is 1. The lowest BCUT2D eigenvalue weighted by Gasteiger charge is -2.11. The Morgan fingerprint density at radius 2 is 1.72 bits per heavy atom. The predicted octanol–water partition coefficient (Wildman–Crippen LogP) is 4.92. The summed E-state index contributed by atoms with van der Waals surface area (Å²) < 4.78 is 21.4. The molecular formula is C29H25N3O7. The van der Waals surface area contributed by atoms with E-state index in [1.165, 1.54) is 18.5 Å². The Morgan fingerprint density at radius 1 is 0.923 bits per heavy atom. The zero-order chi connectivity index (χ0) is 27.6. The molecule has 0 spiro atoms. The zero-order valence-corrected chi connectivity index (χ0v) is 21.2. The van der Waals surface area contributed by atoms with Crippen LogP contribution in [0, 0.1) is 0 Å². The minimum atomic E-state index is -0.551. The van der Waals surface area contributed by atoms with Crippen LogP contribution in [-0.2, 0) is 0 Å². The van der Waals surface area contributed by atoms with Crippen LogP contribution in [0.4, 0.5) is 5.69 Å². The minimum Gasteiger partial charge on any atom is -0.497 e. The fraction of sp³-hybridized carbons (Fsp3) is 0.103. The third kappa shape index (κ3) is 6.89. The molecule has 0 aliphatic heterocycles. The zero-order valence-electron chi connectivity index (χ0n) is 21.2. The maximum absolute atomic E-state index is 12.8. The molecule has 1 heterocycles. The normalized spacial score (nSPS) is 10.6. The highest BCUT2D eigenvalue weighted by Gasteiger charge is 2.16. The lowest BCUT2D eigenvalue weighted by molar-refractivity contribution is 0.0728. The number of amides is 2. The number of carbonyl (C=O) groups excluding carboxylic acids is 3. The van der Waals surface area contributed by atoms with Gasteiger partial charge in [-0.05, 0) is 79.2 Å². The van der Waals surface area contributed by atoms with Gasteiger partial charge in [0.25, 0.3) is 11.8 Å². The van der Waals surface area contributed by atoms with E-state index < -0.39 is 17.8 Å². The number of methoxy groups -OCH3 is 1. The average Bonchev–Trinajstić information content (AvgIpc) is 3.50. The first kappa shape index (κ1) is 26.7. The number of rotatable bonds is 10. The predicted molar refractivity (Wildman–Crippen MR) is 144 cm³/mol. The number of hydrogen-bond donors (Lipinski definition) is 2. The Balaban J connectivity index is 1.43. The Labute approximate surface area is 224 Å². The molecule has 3 aromatic carbocycles. The number of para-hydroxylation sites is 1. The Morgan fingerprint density at radius 3 is 2.44 bits per heavy atom. The molecule has 0 radical (unpaired) electrons. The van der Waals surface area contributed by atoms with Gasteiger partial charge >= 0.3 is 5.97 Å². The summed E-state index contributed by atoms with van der Waals surface area (Å²) in [7, 11) is 1.54. The molecule has 0 saturated heterocycles. The van der Waals surface area contributed by atoms with E-state index in [9.17, 15) is 14.4 Å². The molecule has 10 nitrogen and oxygen atoms in total. The summed E-state index contributed by atoms with van der Waals surface area (Å²) in [6.45, 7) is 2.14. The third-order valence-electron chi connectivity index (χ3n) is 5.34. The van der Waals surface area contributed by atoms with Gasteiger partial charge in [-0.3, -0.25) is 9.59 Å². The van der Waals surface area contributed by atoms with Crippen molar-refractivity contribution in [3.05, 3.63) is 108 Å². The molecule has 0 unspecified atom stereocenters. The molecule has 198 valence electrons. The van der Waals surface area contributed by atoms with Crippen molar-refractivity contribution in [1.29, 1.82) is 0 Å². The molecule has 0 bridgehead atoms. The van der Waals surface area contributed by atoms with E-state index in [-0.39, 0.29) is 17.1 Å². The first-order chi connectivity index (χ1) is 19.0. The Bertz CT molecular complexity index is 1480. The summed E-state index contributed by atoms with van der Waals surface area (Å²) in [6.07, 6.45) is 2.80. The van der Waals surface area contributed by atoms with Crippen LogP contribution in [0.2, 0.25) is 0 Å². The van der Waals surface area contributed by atoms with Gasteiger partial charge in [-0.2, -0.15) is 5.10 Å². The van der Waals surface area contributed by atoms with Crippen molar-refractivity contribution in [2.75, 3.05) is 19.0 Å². The number of esters is 1. The molecule has 0 aliphatic rings. The van der Waals surface area contributed by atoms with Crippen LogP contribution < -0.4 is 25.0 Å². The summed E-state index contributed by atoms with van der Waals surface area (Å²) in [5.74, 6) is -0.256. The van der Waals surface area contributed by atoms with E-state index in [4.69, 9.17) is 18.6 Å². The van der Waals surface area contributed by atoms with Crippen LogP contribution in [0.1, 0.15) is 43.8 Å². The highest BCUT2D eigenvalue weighted by molar-refractivity contribution is 6.08. The van der Waals surface area contributed by atoms with Crippen LogP contribution in [0.5, 0.6) is 17.2 Å². The number of carbonyl (C=O) groups is 3. The van der Waals surface area contributed by atoms with Crippen molar-refractivity contribution >= 4 is 29.7 Å². The van der Waals surface area contributed by atoms with Gasteiger partial charge in [-0.15, -0.1) is 0 Å². The second kappa shape index (κ2) is 12.7. The van der Waals surface area contributed by atoms with Crippen LogP contribution >= 0.6 is 0 Å². The number of anilines is 1. The minimum absolute atomic E-state index is 0.117. The number of nitrogens with one attached hydrogen (secondary N) is 2. The Hall–Kier alpha value is -5.38. The molecule has 1 aromatic heterocycles. The van der Waals surface area contributed by atoms with Crippen LogP contribution in [0.25, 0.3) is 0 Å². The number of hydrazone groups is 1. The van der Waals surface area contributed by atoms with Gasteiger partial charge in [-0.25, -0.2) is 10.2 Å². The molecule has 2 amide bonds. The summed E-state index contributed by atoms with van der Waals surface area (Å²) in [5.41, 5.74) is 3.90. The maximum Gasteiger partial charge on any atom is 0.343 e.